The lowest BCUT2D eigenvalue weighted by Gasteiger charge is -2.03. The number of hydrogen-bond donors (Lipinski definition) is 1. The van der Waals surface area contributed by atoms with E-state index in [9.17, 15) is 0 Å². The quantitative estimate of drug-likeness (QED) is 0.841. The number of benzene rings is 1. The van der Waals surface area contributed by atoms with E-state index >= 15 is 0 Å². The van der Waals surface area contributed by atoms with Gasteiger partial charge < -0.3 is 10.5 Å². The first kappa shape index (κ1) is 11.7. The Morgan fingerprint density at radius 3 is 2.82 bits per heavy atom. The van der Waals surface area contributed by atoms with Crippen LogP contribution in [-0.4, -0.2) is 13.2 Å². The highest BCUT2D eigenvalue weighted by Crippen LogP contribution is 2.12. The van der Waals surface area contributed by atoms with E-state index in [2.05, 4.69) is 11.8 Å². The first-order valence-electron chi connectivity index (χ1n) is 5.35. The molecule has 0 bridgehead atoms. The lowest BCUT2D eigenvalue weighted by atomic mass is 10.2. The van der Waals surface area contributed by atoms with Gasteiger partial charge in [-0.25, -0.2) is 0 Å². The summed E-state index contributed by atoms with van der Waals surface area (Å²) < 4.78 is 5.44. The van der Waals surface area contributed by atoms with Gasteiger partial charge in [0.05, 0.1) is 0 Å². The first-order valence-corrected chi connectivity index (χ1v) is 6.30. The minimum Gasteiger partial charge on any atom is -0.492 e. The minimum atomic E-state index is 0.519. The van der Waals surface area contributed by atoms with Gasteiger partial charge in [-0.1, -0.05) is 17.9 Å². The molecule has 0 aliphatic heterocycles. The second-order valence-electron chi connectivity index (χ2n) is 3.43. The van der Waals surface area contributed by atoms with Crippen LogP contribution in [0.15, 0.2) is 41.1 Å². The van der Waals surface area contributed by atoms with E-state index in [1.807, 2.05) is 41.1 Å². The van der Waals surface area contributed by atoms with E-state index < -0.39 is 0 Å². The first-order chi connectivity index (χ1) is 8.38. The highest BCUT2D eigenvalue weighted by Gasteiger charge is 1.93. The molecule has 1 aromatic carbocycles. The maximum atomic E-state index is 5.44. The summed E-state index contributed by atoms with van der Waals surface area (Å²) in [4.78, 5) is 0. The van der Waals surface area contributed by atoms with Crippen molar-refractivity contribution in [2.45, 2.75) is 0 Å². The van der Waals surface area contributed by atoms with Crippen molar-refractivity contribution in [1.29, 1.82) is 0 Å². The lowest BCUT2D eigenvalue weighted by molar-refractivity contribution is 0.328. The molecule has 2 N–H and O–H groups in total. The maximum absolute atomic E-state index is 5.44. The van der Waals surface area contributed by atoms with Gasteiger partial charge >= 0.3 is 0 Å². The summed E-state index contributed by atoms with van der Waals surface area (Å²) in [7, 11) is 0. The van der Waals surface area contributed by atoms with Crippen LogP contribution in [0, 0.1) is 11.8 Å². The average Bonchev–Trinajstić information content (AvgIpc) is 2.87. The van der Waals surface area contributed by atoms with E-state index in [1.54, 1.807) is 11.3 Å². The molecule has 0 aliphatic rings. The molecule has 0 amide bonds. The SMILES string of the molecule is NCCOc1cccc(C#Cc2ccsc2)c1. The van der Waals surface area contributed by atoms with Crippen molar-refractivity contribution in [2.24, 2.45) is 5.73 Å². The Kier molecular flexibility index (Phi) is 4.20. The molecule has 3 heteroatoms. The van der Waals surface area contributed by atoms with Gasteiger partial charge in [0.1, 0.15) is 12.4 Å². The Morgan fingerprint density at radius 2 is 2.06 bits per heavy atom. The van der Waals surface area contributed by atoms with Gasteiger partial charge in [-0.2, -0.15) is 11.3 Å². The molecule has 0 unspecified atom stereocenters. The van der Waals surface area contributed by atoms with Crippen molar-refractivity contribution in [3.05, 3.63) is 52.2 Å². The summed E-state index contributed by atoms with van der Waals surface area (Å²) in [5.74, 6) is 7.03. The fourth-order valence-corrected chi connectivity index (χ4v) is 1.91. The smallest absolute Gasteiger partial charge is 0.120 e. The van der Waals surface area contributed by atoms with Crippen LogP contribution in [0.2, 0.25) is 0 Å². The minimum absolute atomic E-state index is 0.519. The fraction of sp³-hybridized carbons (Fsp3) is 0.143. The predicted molar refractivity (Wildman–Crippen MR) is 71.3 cm³/mol. The van der Waals surface area contributed by atoms with Crippen molar-refractivity contribution >= 4 is 11.3 Å². The third-order valence-electron chi connectivity index (χ3n) is 2.09. The molecule has 2 rings (SSSR count). The second-order valence-corrected chi connectivity index (χ2v) is 4.21. The third-order valence-corrected chi connectivity index (χ3v) is 2.78. The number of nitrogens with two attached hydrogens (primary N) is 1. The molecule has 0 fully saturated rings. The summed E-state index contributed by atoms with van der Waals surface area (Å²) >= 11 is 1.65. The Morgan fingerprint density at radius 1 is 1.18 bits per heavy atom. The molecule has 0 atom stereocenters. The molecule has 2 aromatic rings. The Hall–Kier alpha value is -1.76. The number of hydrogen-bond acceptors (Lipinski definition) is 3. The molecule has 1 heterocycles. The largest absolute Gasteiger partial charge is 0.492 e. The fourth-order valence-electron chi connectivity index (χ4n) is 1.32. The van der Waals surface area contributed by atoms with E-state index in [0.717, 1.165) is 16.9 Å². The number of ether oxygens (including phenoxy) is 1. The van der Waals surface area contributed by atoms with Gasteiger partial charge in [-0.05, 0) is 29.6 Å². The molecule has 0 spiro atoms. The second kappa shape index (κ2) is 6.09. The van der Waals surface area contributed by atoms with Crippen LogP contribution in [-0.2, 0) is 0 Å². The normalized spacial score (nSPS) is 9.47. The highest BCUT2D eigenvalue weighted by atomic mass is 32.1. The molecule has 86 valence electrons. The standard InChI is InChI=1S/C14H13NOS/c15-7-8-16-14-3-1-2-12(10-14)4-5-13-6-9-17-11-13/h1-3,6,9-11H,7-8,15H2. The van der Waals surface area contributed by atoms with Crippen molar-refractivity contribution < 1.29 is 4.74 Å². The molecule has 0 saturated heterocycles. The van der Waals surface area contributed by atoms with Crippen molar-refractivity contribution in [3.63, 3.8) is 0 Å². The predicted octanol–water partition coefficient (Wildman–Crippen LogP) is 2.49. The lowest BCUT2D eigenvalue weighted by Crippen LogP contribution is -2.10. The third kappa shape index (κ3) is 3.63. The van der Waals surface area contributed by atoms with Crippen molar-refractivity contribution in [3.8, 4) is 17.6 Å². The molecule has 2 nitrogen and oxygen atoms in total. The van der Waals surface area contributed by atoms with Gasteiger partial charge in [-0.3, -0.25) is 0 Å². The summed E-state index contributed by atoms with van der Waals surface area (Å²) in [6, 6.07) is 9.74. The van der Waals surface area contributed by atoms with Crippen LogP contribution in [0.4, 0.5) is 0 Å². The monoisotopic (exact) mass is 243 g/mol. The molecule has 0 aliphatic carbocycles. The van der Waals surface area contributed by atoms with Gasteiger partial charge in [-0.15, -0.1) is 0 Å². The van der Waals surface area contributed by atoms with Crippen LogP contribution in [0.3, 0.4) is 0 Å². The van der Waals surface area contributed by atoms with E-state index in [0.29, 0.717) is 13.2 Å². The van der Waals surface area contributed by atoms with Crippen LogP contribution in [0.5, 0.6) is 5.75 Å². The van der Waals surface area contributed by atoms with Crippen molar-refractivity contribution in [1.82, 2.24) is 0 Å². The zero-order chi connectivity index (χ0) is 11.9. The van der Waals surface area contributed by atoms with Gasteiger partial charge in [0.2, 0.25) is 0 Å². The van der Waals surface area contributed by atoms with Gasteiger partial charge in [0.25, 0.3) is 0 Å². The summed E-state index contributed by atoms with van der Waals surface area (Å²) in [6.45, 7) is 1.05. The van der Waals surface area contributed by atoms with Gasteiger partial charge in [0.15, 0.2) is 0 Å². The summed E-state index contributed by atoms with van der Waals surface area (Å²) in [5.41, 5.74) is 7.38. The van der Waals surface area contributed by atoms with E-state index in [4.69, 9.17) is 10.5 Å². The van der Waals surface area contributed by atoms with Crippen LogP contribution < -0.4 is 10.5 Å². The van der Waals surface area contributed by atoms with Crippen LogP contribution in [0.1, 0.15) is 11.1 Å². The Balaban J connectivity index is 2.11. The molecule has 0 saturated carbocycles. The van der Waals surface area contributed by atoms with E-state index in [-0.39, 0.29) is 0 Å². The molecule has 17 heavy (non-hydrogen) atoms. The zero-order valence-corrected chi connectivity index (χ0v) is 10.2. The number of thiophene rings is 1. The van der Waals surface area contributed by atoms with E-state index in [1.165, 1.54) is 0 Å². The summed E-state index contributed by atoms with van der Waals surface area (Å²) in [5, 5.41) is 4.05. The van der Waals surface area contributed by atoms with Crippen LogP contribution in [0.25, 0.3) is 0 Å². The zero-order valence-electron chi connectivity index (χ0n) is 9.35. The van der Waals surface area contributed by atoms with Crippen molar-refractivity contribution in [2.75, 3.05) is 13.2 Å². The van der Waals surface area contributed by atoms with Crippen LogP contribution >= 0.6 is 11.3 Å². The number of rotatable bonds is 3. The molecule has 0 radical (unpaired) electrons. The molecular weight excluding hydrogens is 230 g/mol. The highest BCUT2D eigenvalue weighted by molar-refractivity contribution is 7.08. The Labute approximate surface area is 105 Å². The summed E-state index contributed by atoms with van der Waals surface area (Å²) in [6.07, 6.45) is 0. The molecular formula is C14H13NOS. The average molecular weight is 243 g/mol. The molecule has 1 aromatic heterocycles. The Bertz CT molecular complexity index is 523. The topological polar surface area (TPSA) is 35.2 Å². The maximum Gasteiger partial charge on any atom is 0.120 e. The van der Waals surface area contributed by atoms with Gasteiger partial charge in [0, 0.05) is 23.1 Å².